The van der Waals surface area contributed by atoms with E-state index in [1.165, 1.54) is 30.3 Å². The lowest BCUT2D eigenvalue weighted by atomic mass is 9.94. The molecule has 0 spiro atoms. The summed E-state index contributed by atoms with van der Waals surface area (Å²) in [5.74, 6) is -0.173. The van der Waals surface area contributed by atoms with Crippen molar-refractivity contribution in [1.29, 1.82) is 5.26 Å². The van der Waals surface area contributed by atoms with Crippen LogP contribution in [-0.2, 0) is 6.18 Å². The van der Waals surface area contributed by atoms with Crippen LogP contribution >= 0.6 is 23.2 Å². The minimum Gasteiger partial charge on any atom is -0.383 e. The number of hydrogen-bond acceptors (Lipinski definition) is 3. The lowest BCUT2D eigenvalue weighted by Crippen LogP contribution is -2.08. The molecule has 8 heteroatoms. The Balaban J connectivity index is 2.30. The lowest BCUT2D eigenvalue weighted by molar-refractivity contribution is -0.137. The predicted molar refractivity (Wildman–Crippen MR) is 99.3 cm³/mol. The normalized spacial score (nSPS) is 11.3. The van der Waals surface area contributed by atoms with Crippen LogP contribution in [0.15, 0.2) is 48.5 Å². The van der Waals surface area contributed by atoms with Gasteiger partial charge < -0.3 is 5.73 Å². The number of halogens is 5. The van der Waals surface area contributed by atoms with Crippen molar-refractivity contribution in [3.8, 4) is 28.5 Å². The number of pyridine rings is 1. The SMILES string of the molecule is N#Cc1c(-c2ccccc2C(F)(F)F)cc(-c2ccc(Cl)c(Cl)c2)nc1N. The summed E-state index contributed by atoms with van der Waals surface area (Å²) in [4.78, 5) is 4.14. The molecule has 0 amide bonds. The average Bonchev–Trinajstić information content (AvgIpc) is 2.62. The van der Waals surface area contributed by atoms with Gasteiger partial charge in [0.15, 0.2) is 0 Å². The van der Waals surface area contributed by atoms with Crippen molar-refractivity contribution >= 4 is 29.0 Å². The van der Waals surface area contributed by atoms with E-state index in [0.717, 1.165) is 6.07 Å². The lowest BCUT2D eigenvalue weighted by Gasteiger charge is -2.15. The smallest absolute Gasteiger partial charge is 0.383 e. The maximum absolute atomic E-state index is 13.4. The topological polar surface area (TPSA) is 62.7 Å². The molecule has 0 unspecified atom stereocenters. The van der Waals surface area contributed by atoms with E-state index in [1.54, 1.807) is 12.1 Å². The zero-order chi connectivity index (χ0) is 19.8. The van der Waals surface area contributed by atoms with Gasteiger partial charge in [-0.05, 0) is 29.8 Å². The fraction of sp³-hybridized carbons (Fsp3) is 0.0526. The molecule has 3 aromatic rings. The van der Waals surface area contributed by atoms with Crippen molar-refractivity contribution in [1.82, 2.24) is 4.98 Å². The van der Waals surface area contributed by atoms with E-state index in [9.17, 15) is 18.4 Å². The van der Waals surface area contributed by atoms with Gasteiger partial charge in [0.1, 0.15) is 17.5 Å². The van der Waals surface area contributed by atoms with Gasteiger partial charge in [0, 0.05) is 11.1 Å². The van der Waals surface area contributed by atoms with Gasteiger partial charge >= 0.3 is 6.18 Å². The first-order valence-corrected chi connectivity index (χ1v) is 8.30. The number of aromatic nitrogens is 1. The summed E-state index contributed by atoms with van der Waals surface area (Å²) in [6.07, 6.45) is -4.59. The van der Waals surface area contributed by atoms with E-state index in [2.05, 4.69) is 4.98 Å². The molecular weight excluding hydrogens is 398 g/mol. The van der Waals surface area contributed by atoms with Gasteiger partial charge in [0.25, 0.3) is 0 Å². The number of benzene rings is 2. The number of anilines is 1. The molecule has 27 heavy (non-hydrogen) atoms. The third-order valence-corrected chi connectivity index (χ3v) is 4.64. The molecule has 0 saturated carbocycles. The third-order valence-electron chi connectivity index (χ3n) is 3.90. The zero-order valence-electron chi connectivity index (χ0n) is 13.5. The number of hydrogen-bond donors (Lipinski definition) is 1. The molecule has 2 N–H and O–H groups in total. The quantitative estimate of drug-likeness (QED) is 0.550. The van der Waals surface area contributed by atoms with Crippen LogP contribution in [0.3, 0.4) is 0 Å². The van der Waals surface area contributed by atoms with Crippen LogP contribution in [0.1, 0.15) is 11.1 Å². The van der Waals surface area contributed by atoms with Gasteiger partial charge in [-0.25, -0.2) is 4.98 Å². The Morgan fingerprint density at radius 1 is 0.963 bits per heavy atom. The summed E-state index contributed by atoms with van der Waals surface area (Å²) < 4.78 is 40.3. The molecule has 0 radical (unpaired) electrons. The number of nitrogens with zero attached hydrogens (tertiary/aromatic N) is 2. The standard InChI is InChI=1S/C19H10Cl2F3N3/c20-15-6-5-10(7-16(15)21)17-8-12(13(9-25)18(26)27-17)11-3-1-2-4-14(11)19(22,23)24/h1-8H,(H2,26,27). The van der Waals surface area contributed by atoms with Crippen LogP contribution in [0, 0.1) is 11.3 Å². The monoisotopic (exact) mass is 407 g/mol. The first-order chi connectivity index (χ1) is 12.7. The Hall–Kier alpha value is -2.75. The van der Waals surface area contributed by atoms with Gasteiger partial charge in [-0.2, -0.15) is 18.4 Å². The highest BCUT2D eigenvalue weighted by Crippen LogP contribution is 2.40. The van der Waals surface area contributed by atoms with Crippen LogP contribution in [-0.4, -0.2) is 4.98 Å². The van der Waals surface area contributed by atoms with Gasteiger partial charge in [-0.15, -0.1) is 0 Å². The highest BCUT2D eigenvalue weighted by Gasteiger charge is 2.34. The van der Waals surface area contributed by atoms with Gasteiger partial charge in [-0.1, -0.05) is 47.5 Å². The van der Waals surface area contributed by atoms with E-state index in [4.69, 9.17) is 28.9 Å². The molecule has 0 bridgehead atoms. The van der Waals surface area contributed by atoms with E-state index in [-0.39, 0.29) is 33.2 Å². The molecule has 3 nitrogen and oxygen atoms in total. The molecule has 1 aromatic heterocycles. The highest BCUT2D eigenvalue weighted by atomic mass is 35.5. The largest absolute Gasteiger partial charge is 0.417 e. The maximum atomic E-state index is 13.4. The molecule has 0 fully saturated rings. The van der Waals surface area contributed by atoms with Crippen LogP contribution < -0.4 is 5.73 Å². The summed E-state index contributed by atoms with van der Waals surface area (Å²) in [6, 6.07) is 12.9. The van der Waals surface area contributed by atoms with Crippen molar-refractivity contribution in [2.75, 3.05) is 5.73 Å². The van der Waals surface area contributed by atoms with Crippen LogP contribution in [0.5, 0.6) is 0 Å². The minimum absolute atomic E-state index is 0.0407. The van der Waals surface area contributed by atoms with Crippen molar-refractivity contribution in [3.63, 3.8) is 0 Å². The Bertz CT molecular complexity index is 1070. The van der Waals surface area contributed by atoms with E-state index >= 15 is 0 Å². The Morgan fingerprint density at radius 3 is 2.30 bits per heavy atom. The summed E-state index contributed by atoms with van der Waals surface area (Å²) >= 11 is 11.9. The molecule has 0 aliphatic heterocycles. The Morgan fingerprint density at radius 2 is 1.67 bits per heavy atom. The van der Waals surface area contributed by atoms with Crippen molar-refractivity contribution in [3.05, 3.63) is 69.7 Å². The number of nitriles is 1. The summed E-state index contributed by atoms with van der Waals surface area (Å²) in [5, 5.41) is 9.99. The second-order valence-corrected chi connectivity index (χ2v) is 6.41. The van der Waals surface area contributed by atoms with E-state index in [1.807, 2.05) is 6.07 Å². The molecule has 0 saturated heterocycles. The number of alkyl halides is 3. The van der Waals surface area contributed by atoms with Crippen molar-refractivity contribution in [2.45, 2.75) is 6.18 Å². The van der Waals surface area contributed by atoms with Gasteiger partial charge in [0.2, 0.25) is 0 Å². The van der Waals surface area contributed by atoms with Crippen molar-refractivity contribution < 1.29 is 13.2 Å². The Labute approximate surface area is 162 Å². The first-order valence-electron chi connectivity index (χ1n) is 7.55. The molecule has 1 heterocycles. The molecule has 136 valence electrons. The van der Waals surface area contributed by atoms with E-state index in [0.29, 0.717) is 10.6 Å². The molecule has 0 atom stereocenters. The third kappa shape index (κ3) is 3.70. The molecule has 2 aromatic carbocycles. The van der Waals surface area contributed by atoms with Crippen LogP contribution in [0.25, 0.3) is 22.4 Å². The van der Waals surface area contributed by atoms with Crippen molar-refractivity contribution in [2.24, 2.45) is 0 Å². The van der Waals surface area contributed by atoms with Gasteiger partial charge in [0.05, 0.1) is 21.3 Å². The number of nitrogens with two attached hydrogens (primary N) is 1. The number of rotatable bonds is 2. The molecule has 0 aliphatic carbocycles. The maximum Gasteiger partial charge on any atom is 0.417 e. The molecular formula is C19H10Cl2F3N3. The fourth-order valence-electron chi connectivity index (χ4n) is 2.66. The fourth-order valence-corrected chi connectivity index (χ4v) is 2.96. The molecule has 3 rings (SSSR count). The average molecular weight is 408 g/mol. The predicted octanol–water partition coefficient (Wildman–Crippen LogP) is 6.20. The van der Waals surface area contributed by atoms with Crippen LogP contribution in [0.4, 0.5) is 19.0 Å². The Kier molecular flexibility index (Phi) is 5.01. The summed E-state index contributed by atoms with van der Waals surface area (Å²) in [5.41, 5.74) is 5.53. The van der Waals surface area contributed by atoms with E-state index < -0.39 is 11.7 Å². The summed E-state index contributed by atoms with van der Waals surface area (Å²) in [6.45, 7) is 0. The number of nitrogen functional groups attached to an aromatic ring is 1. The minimum atomic E-state index is -4.59. The second kappa shape index (κ2) is 7.10. The van der Waals surface area contributed by atoms with Crippen LogP contribution in [0.2, 0.25) is 10.0 Å². The highest BCUT2D eigenvalue weighted by molar-refractivity contribution is 6.42. The zero-order valence-corrected chi connectivity index (χ0v) is 15.0. The van der Waals surface area contributed by atoms with Gasteiger partial charge in [-0.3, -0.25) is 0 Å². The molecule has 0 aliphatic rings. The first kappa shape index (κ1) is 19.0. The summed E-state index contributed by atoms with van der Waals surface area (Å²) in [7, 11) is 0. The second-order valence-electron chi connectivity index (χ2n) is 5.60.